The van der Waals surface area contributed by atoms with E-state index in [2.05, 4.69) is 27.3 Å². The molecule has 1 aliphatic heterocycles. The summed E-state index contributed by atoms with van der Waals surface area (Å²) in [4.78, 5) is 18.7. The summed E-state index contributed by atoms with van der Waals surface area (Å²) in [5, 5.41) is 7.01. The van der Waals surface area contributed by atoms with Gasteiger partial charge in [-0.1, -0.05) is 12.1 Å². The van der Waals surface area contributed by atoms with Crippen LogP contribution in [0.2, 0.25) is 0 Å². The molecule has 0 spiro atoms. The normalized spacial score (nSPS) is 24.0. The number of nitrogens with one attached hydrogen (secondary N) is 1. The van der Waals surface area contributed by atoms with Crippen molar-refractivity contribution in [2.45, 2.75) is 31.7 Å². The maximum Gasteiger partial charge on any atom is 0.273 e. The molecule has 2 aromatic heterocycles. The summed E-state index contributed by atoms with van der Waals surface area (Å²) in [5.74, 6) is 1.54. The number of carbonyl (C=O) groups excluding carboxylic acids is 1. The van der Waals surface area contributed by atoms with Gasteiger partial charge in [0.25, 0.3) is 5.91 Å². The number of anilines is 1. The number of carbonyl (C=O) groups is 1. The first-order valence-corrected chi connectivity index (χ1v) is 8.13. The highest BCUT2D eigenvalue weighted by Gasteiger charge is 2.33. The predicted molar refractivity (Wildman–Crippen MR) is 85.3 cm³/mol. The van der Waals surface area contributed by atoms with Crippen molar-refractivity contribution in [3.63, 3.8) is 0 Å². The average Bonchev–Trinajstić information content (AvgIpc) is 3.18. The van der Waals surface area contributed by atoms with E-state index in [1.165, 1.54) is 0 Å². The van der Waals surface area contributed by atoms with E-state index in [1.807, 2.05) is 12.1 Å². The van der Waals surface area contributed by atoms with Crippen LogP contribution in [0.15, 0.2) is 35.1 Å². The van der Waals surface area contributed by atoms with Crippen molar-refractivity contribution in [1.82, 2.24) is 15.5 Å². The summed E-state index contributed by atoms with van der Waals surface area (Å²) in [6, 6.07) is 5.89. The third-order valence-electron chi connectivity index (χ3n) is 4.70. The van der Waals surface area contributed by atoms with E-state index >= 15 is 0 Å². The molecule has 1 saturated carbocycles. The minimum absolute atomic E-state index is 0.108. The topological polar surface area (TPSA) is 71.3 Å². The molecule has 6 heteroatoms. The van der Waals surface area contributed by atoms with Gasteiger partial charge in [0, 0.05) is 43.2 Å². The summed E-state index contributed by atoms with van der Waals surface area (Å²) in [6.07, 6.45) is 5.86. The van der Waals surface area contributed by atoms with Crippen LogP contribution in [0.25, 0.3) is 0 Å². The second-order valence-electron chi connectivity index (χ2n) is 6.56. The van der Waals surface area contributed by atoms with E-state index < -0.39 is 0 Å². The Morgan fingerprint density at radius 1 is 1.30 bits per heavy atom. The van der Waals surface area contributed by atoms with Gasteiger partial charge in [0.05, 0.1) is 6.04 Å². The molecule has 1 N–H and O–H groups in total. The van der Waals surface area contributed by atoms with Gasteiger partial charge in [0.2, 0.25) is 0 Å². The van der Waals surface area contributed by atoms with Crippen LogP contribution in [0.5, 0.6) is 0 Å². The van der Waals surface area contributed by atoms with Gasteiger partial charge in [-0.2, -0.15) is 0 Å². The van der Waals surface area contributed by atoms with Crippen LogP contribution in [0, 0.1) is 5.92 Å². The smallest absolute Gasteiger partial charge is 0.273 e. The molecule has 2 atom stereocenters. The number of hydrogen-bond donors (Lipinski definition) is 1. The van der Waals surface area contributed by atoms with Crippen molar-refractivity contribution < 1.29 is 9.32 Å². The SMILES string of the molecule is C[C@H]1CN(c2ccncc2)C[C@H]1NC(=O)c1cc(C2CC2)on1. The van der Waals surface area contributed by atoms with Crippen LogP contribution in [0.4, 0.5) is 5.69 Å². The van der Waals surface area contributed by atoms with Crippen LogP contribution in [0.3, 0.4) is 0 Å². The number of rotatable bonds is 4. The quantitative estimate of drug-likeness (QED) is 0.937. The fourth-order valence-electron chi connectivity index (χ4n) is 3.12. The lowest BCUT2D eigenvalue weighted by Gasteiger charge is -2.18. The molecule has 1 saturated heterocycles. The van der Waals surface area contributed by atoms with E-state index in [0.717, 1.165) is 37.4 Å². The maximum absolute atomic E-state index is 12.4. The zero-order valence-electron chi connectivity index (χ0n) is 13.1. The van der Waals surface area contributed by atoms with Crippen LogP contribution >= 0.6 is 0 Å². The number of amides is 1. The second-order valence-corrected chi connectivity index (χ2v) is 6.56. The van der Waals surface area contributed by atoms with Gasteiger partial charge in [0.1, 0.15) is 5.76 Å². The van der Waals surface area contributed by atoms with E-state index in [4.69, 9.17) is 4.52 Å². The van der Waals surface area contributed by atoms with Gasteiger partial charge in [0.15, 0.2) is 5.69 Å². The molecular weight excluding hydrogens is 292 g/mol. The molecular formula is C17H20N4O2. The molecule has 6 nitrogen and oxygen atoms in total. The lowest BCUT2D eigenvalue weighted by atomic mass is 10.1. The van der Waals surface area contributed by atoms with E-state index in [1.54, 1.807) is 18.5 Å². The van der Waals surface area contributed by atoms with Crippen molar-refractivity contribution in [1.29, 1.82) is 0 Å². The fraction of sp³-hybridized carbons (Fsp3) is 0.471. The second kappa shape index (κ2) is 5.68. The summed E-state index contributed by atoms with van der Waals surface area (Å²) in [5.41, 5.74) is 1.53. The fourth-order valence-corrected chi connectivity index (χ4v) is 3.12. The highest BCUT2D eigenvalue weighted by atomic mass is 16.5. The maximum atomic E-state index is 12.4. The Labute approximate surface area is 134 Å². The van der Waals surface area contributed by atoms with Crippen LogP contribution < -0.4 is 10.2 Å². The monoisotopic (exact) mass is 312 g/mol. The molecule has 4 rings (SSSR count). The largest absolute Gasteiger partial charge is 0.369 e. The van der Waals surface area contributed by atoms with Gasteiger partial charge in [-0.3, -0.25) is 9.78 Å². The molecule has 23 heavy (non-hydrogen) atoms. The zero-order chi connectivity index (χ0) is 15.8. The minimum atomic E-state index is -0.144. The highest BCUT2D eigenvalue weighted by molar-refractivity contribution is 5.92. The number of nitrogens with zero attached hydrogens (tertiary/aromatic N) is 3. The number of aromatic nitrogens is 2. The minimum Gasteiger partial charge on any atom is -0.369 e. The van der Waals surface area contributed by atoms with Gasteiger partial charge < -0.3 is 14.7 Å². The molecule has 2 aromatic rings. The van der Waals surface area contributed by atoms with E-state index in [-0.39, 0.29) is 11.9 Å². The standard InChI is InChI=1S/C17H20N4O2/c1-11-9-21(13-4-6-18-7-5-13)10-15(11)19-17(22)14-8-16(23-20-14)12-2-3-12/h4-8,11-12,15H,2-3,9-10H2,1H3,(H,19,22)/t11-,15+/m0/s1. The molecule has 3 heterocycles. The van der Waals surface area contributed by atoms with Crippen molar-refractivity contribution in [3.05, 3.63) is 42.0 Å². The van der Waals surface area contributed by atoms with Gasteiger partial charge in [-0.05, 0) is 30.9 Å². The zero-order valence-corrected chi connectivity index (χ0v) is 13.1. The van der Waals surface area contributed by atoms with Gasteiger partial charge >= 0.3 is 0 Å². The lowest BCUT2D eigenvalue weighted by molar-refractivity contribution is 0.0924. The number of pyridine rings is 1. The van der Waals surface area contributed by atoms with Crippen LogP contribution in [0.1, 0.15) is 41.9 Å². The molecule has 0 unspecified atom stereocenters. The first-order valence-electron chi connectivity index (χ1n) is 8.13. The lowest BCUT2D eigenvalue weighted by Crippen LogP contribution is -2.40. The summed E-state index contributed by atoms with van der Waals surface area (Å²) in [6.45, 7) is 3.87. The molecule has 2 fully saturated rings. The van der Waals surface area contributed by atoms with Crippen LogP contribution in [-0.4, -0.2) is 35.2 Å². The summed E-state index contributed by atoms with van der Waals surface area (Å²) in [7, 11) is 0. The molecule has 120 valence electrons. The summed E-state index contributed by atoms with van der Waals surface area (Å²) < 4.78 is 5.26. The van der Waals surface area contributed by atoms with Crippen molar-refractivity contribution in [3.8, 4) is 0 Å². The van der Waals surface area contributed by atoms with Crippen molar-refractivity contribution >= 4 is 11.6 Å². The molecule has 1 amide bonds. The Balaban J connectivity index is 1.40. The van der Waals surface area contributed by atoms with Crippen molar-refractivity contribution in [2.24, 2.45) is 5.92 Å². The van der Waals surface area contributed by atoms with Crippen LogP contribution in [-0.2, 0) is 0 Å². The Morgan fingerprint density at radius 2 is 2.09 bits per heavy atom. The predicted octanol–water partition coefficient (Wildman–Crippen LogP) is 2.20. The third kappa shape index (κ3) is 2.93. The van der Waals surface area contributed by atoms with E-state index in [9.17, 15) is 4.79 Å². The number of hydrogen-bond acceptors (Lipinski definition) is 5. The Morgan fingerprint density at radius 3 is 2.83 bits per heavy atom. The molecule has 2 aliphatic rings. The third-order valence-corrected chi connectivity index (χ3v) is 4.70. The molecule has 0 radical (unpaired) electrons. The Bertz CT molecular complexity index is 696. The molecule has 1 aliphatic carbocycles. The highest BCUT2D eigenvalue weighted by Crippen LogP contribution is 2.40. The average molecular weight is 312 g/mol. The van der Waals surface area contributed by atoms with E-state index in [0.29, 0.717) is 17.5 Å². The van der Waals surface area contributed by atoms with Gasteiger partial charge in [-0.15, -0.1) is 0 Å². The molecule has 0 bridgehead atoms. The van der Waals surface area contributed by atoms with Gasteiger partial charge in [-0.25, -0.2) is 0 Å². The summed E-state index contributed by atoms with van der Waals surface area (Å²) >= 11 is 0. The molecule has 0 aromatic carbocycles. The van der Waals surface area contributed by atoms with Crippen molar-refractivity contribution in [2.75, 3.05) is 18.0 Å². The first-order chi connectivity index (χ1) is 11.2. The first kappa shape index (κ1) is 14.2. The Hall–Kier alpha value is -2.37. The Kier molecular flexibility index (Phi) is 3.52.